The quantitative estimate of drug-likeness (QED) is 0.582. The Morgan fingerprint density at radius 3 is 2.78 bits per heavy atom. The standard InChI is InChI=1S/C22H22ClN5O3S/c1-31-18-5-4-15(23)12-17(18)28-13-14(11-19(28)29)21(30)26-7-9-27(10-8-26)22-25-16-3-2-6-24-20(16)32-22/h2-6,12,14H,7-11,13H2,1H3. The summed E-state index contributed by atoms with van der Waals surface area (Å²) in [5.74, 6) is 0.121. The van der Waals surface area contributed by atoms with Crippen molar-refractivity contribution in [1.82, 2.24) is 14.9 Å². The molecule has 32 heavy (non-hydrogen) atoms. The summed E-state index contributed by atoms with van der Waals surface area (Å²) in [5, 5.41) is 1.45. The molecule has 2 aromatic heterocycles. The highest BCUT2D eigenvalue weighted by molar-refractivity contribution is 7.21. The summed E-state index contributed by atoms with van der Waals surface area (Å²) in [6.07, 6.45) is 1.96. The number of hydrogen-bond acceptors (Lipinski definition) is 7. The van der Waals surface area contributed by atoms with Gasteiger partial charge < -0.3 is 19.4 Å². The van der Waals surface area contributed by atoms with Crippen molar-refractivity contribution in [3.8, 4) is 5.75 Å². The Kier molecular flexibility index (Phi) is 5.60. The average molecular weight is 472 g/mol. The normalized spacial score (nSPS) is 19.1. The number of benzene rings is 1. The third-order valence-corrected chi connectivity index (χ3v) is 7.20. The number of fused-ring (bicyclic) bond motifs is 1. The molecular weight excluding hydrogens is 450 g/mol. The van der Waals surface area contributed by atoms with Gasteiger partial charge in [-0.05, 0) is 30.3 Å². The van der Waals surface area contributed by atoms with Gasteiger partial charge in [-0.3, -0.25) is 9.59 Å². The van der Waals surface area contributed by atoms with Crippen LogP contribution >= 0.6 is 22.9 Å². The zero-order valence-corrected chi connectivity index (χ0v) is 19.1. The third kappa shape index (κ3) is 3.86. The van der Waals surface area contributed by atoms with E-state index in [9.17, 15) is 9.59 Å². The number of carbonyl (C=O) groups is 2. The fourth-order valence-electron chi connectivity index (χ4n) is 4.25. The zero-order chi connectivity index (χ0) is 22.2. The molecule has 8 nitrogen and oxygen atoms in total. The Hall–Kier alpha value is -2.91. The highest BCUT2D eigenvalue weighted by atomic mass is 35.5. The molecule has 1 aromatic carbocycles. The zero-order valence-electron chi connectivity index (χ0n) is 17.5. The van der Waals surface area contributed by atoms with Crippen molar-refractivity contribution in [1.29, 1.82) is 0 Å². The minimum absolute atomic E-state index is 0.0208. The van der Waals surface area contributed by atoms with Crippen LogP contribution in [0.2, 0.25) is 5.02 Å². The first-order valence-electron chi connectivity index (χ1n) is 10.4. The van der Waals surface area contributed by atoms with Gasteiger partial charge in [0.05, 0.1) is 18.7 Å². The minimum atomic E-state index is -0.371. The highest BCUT2D eigenvalue weighted by Gasteiger charge is 2.39. The number of ether oxygens (including phenoxy) is 1. The summed E-state index contributed by atoms with van der Waals surface area (Å²) in [6, 6.07) is 9.00. The van der Waals surface area contributed by atoms with Gasteiger partial charge >= 0.3 is 0 Å². The second-order valence-corrected chi connectivity index (χ2v) is 9.25. The van der Waals surface area contributed by atoms with Crippen LogP contribution in [-0.4, -0.2) is 66.5 Å². The Bertz CT molecular complexity index is 1140. The van der Waals surface area contributed by atoms with E-state index >= 15 is 0 Å². The van der Waals surface area contributed by atoms with E-state index < -0.39 is 0 Å². The topological polar surface area (TPSA) is 78.9 Å². The molecule has 2 saturated heterocycles. The van der Waals surface area contributed by atoms with Crippen molar-refractivity contribution in [3.63, 3.8) is 0 Å². The molecule has 0 saturated carbocycles. The number of carbonyl (C=O) groups excluding carboxylic acids is 2. The van der Waals surface area contributed by atoms with Crippen molar-refractivity contribution in [2.45, 2.75) is 6.42 Å². The minimum Gasteiger partial charge on any atom is -0.495 e. The van der Waals surface area contributed by atoms with Gasteiger partial charge in [0.1, 0.15) is 16.1 Å². The van der Waals surface area contributed by atoms with Gasteiger partial charge in [-0.25, -0.2) is 9.97 Å². The number of methoxy groups -OCH3 is 1. The van der Waals surface area contributed by atoms with E-state index in [0.717, 1.165) is 15.5 Å². The first-order chi connectivity index (χ1) is 15.5. The maximum absolute atomic E-state index is 13.2. The number of halogens is 1. The molecule has 2 fully saturated rings. The molecule has 4 heterocycles. The van der Waals surface area contributed by atoms with E-state index in [4.69, 9.17) is 16.3 Å². The van der Waals surface area contributed by atoms with Gasteiger partial charge in [-0.15, -0.1) is 0 Å². The van der Waals surface area contributed by atoms with Crippen molar-refractivity contribution in [2.24, 2.45) is 5.92 Å². The molecular formula is C22H22ClN5O3S. The first kappa shape index (κ1) is 21.0. The number of nitrogens with zero attached hydrogens (tertiary/aromatic N) is 5. The predicted molar refractivity (Wildman–Crippen MR) is 125 cm³/mol. The van der Waals surface area contributed by atoms with Crippen LogP contribution in [0.5, 0.6) is 5.75 Å². The molecule has 10 heteroatoms. The number of aromatic nitrogens is 2. The van der Waals surface area contributed by atoms with Gasteiger partial charge in [-0.1, -0.05) is 22.9 Å². The van der Waals surface area contributed by atoms with E-state index in [1.54, 1.807) is 47.7 Å². The number of rotatable bonds is 4. The molecule has 166 valence electrons. The number of anilines is 2. The van der Waals surface area contributed by atoms with Crippen LogP contribution in [0.25, 0.3) is 10.3 Å². The van der Waals surface area contributed by atoms with Crippen LogP contribution < -0.4 is 14.5 Å². The summed E-state index contributed by atoms with van der Waals surface area (Å²) in [4.78, 5) is 41.5. The molecule has 0 N–H and O–H groups in total. The molecule has 0 spiro atoms. The van der Waals surface area contributed by atoms with Gasteiger partial charge in [0.2, 0.25) is 11.8 Å². The molecule has 1 atom stereocenters. The van der Waals surface area contributed by atoms with Crippen molar-refractivity contribution in [2.75, 3.05) is 49.6 Å². The number of piperazine rings is 1. The van der Waals surface area contributed by atoms with Gasteiger partial charge in [-0.2, -0.15) is 0 Å². The lowest BCUT2D eigenvalue weighted by molar-refractivity contribution is -0.136. The number of thiazole rings is 1. The van der Waals surface area contributed by atoms with Crippen molar-refractivity contribution in [3.05, 3.63) is 41.6 Å². The largest absolute Gasteiger partial charge is 0.495 e. The Morgan fingerprint density at radius 1 is 1.22 bits per heavy atom. The fourth-order valence-corrected chi connectivity index (χ4v) is 5.38. The van der Waals surface area contributed by atoms with Gasteiger partial charge in [0.25, 0.3) is 0 Å². The molecule has 1 unspecified atom stereocenters. The summed E-state index contributed by atoms with van der Waals surface area (Å²) >= 11 is 7.70. The Labute approximate surface area is 194 Å². The third-order valence-electron chi connectivity index (χ3n) is 5.92. The van der Waals surface area contributed by atoms with Crippen LogP contribution in [0.1, 0.15) is 6.42 Å². The fraction of sp³-hybridized carbons (Fsp3) is 0.364. The number of amides is 2. The monoisotopic (exact) mass is 471 g/mol. The second-order valence-electron chi connectivity index (χ2n) is 7.86. The molecule has 2 aliphatic heterocycles. The van der Waals surface area contributed by atoms with E-state index in [-0.39, 0.29) is 24.2 Å². The lowest BCUT2D eigenvalue weighted by Crippen LogP contribution is -2.50. The van der Waals surface area contributed by atoms with Crippen LogP contribution in [0, 0.1) is 5.92 Å². The summed E-state index contributed by atoms with van der Waals surface area (Å²) in [5.41, 5.74) is 1.50. The van der Waals surface area contributed by atoms with E-state index in [1.165, 1.54) is 0 Å². The maximum Gasteiger partial charge on any atom is 0.228 e. The van der Waals surface area contributed by atoms with Crippen LogP contribution in [0.3, 0.4) is 0 Å². The molecule has 2 aliphatic rings. The van der Waals surface area contributed by atoms with Crippen LogP contribution in [0.15, 0.2) is 36.5 Å². The number of pyridine rings is 1. The molecule has 0 radical (unpaired) electrons. The van der Waals surface area contributed by atoms with E-state index in [1.807, 2.05) is 17.0 Å². The lowest BCUT2D eigenvalue weighted by atomic mass is 10.1. The Morgan fingerprint density at radius 2 is 2.03 bits per heavy atom. The van der Waals surface area contributed by atoms with Crippen molar-refractivity contribution < 1.29 is 14.3 Å². The van der Waals surface area contributed by atoms with Crippen molar-refractivity contribution >= 4 is 55.9 Å². The molecule has 0 bridgehead atoms. The SMILES string of the molecule is COc1ccc(Cl)cc1N1CC(C(=O)N2CCN(c3nc4cccnc4s3)CC2)CC1=O. The van der Waals surface area contributed by atoms with E-state index in [2.05, 4.69) is 14.9 Å². The highest BCUT2D eigenvalue weighted by Crippen LogP contribution is 2.36. The smallest absolute Gasteiger partial charge is 0.228 e. The summed E-state index contributed by atoms with van der Waals surface area (Å²) in [7, 11) is 1.55. The first-order valence-corrected chi connectivity index (χ1v) is 11.6. The van der Waals surface area contributed by atoms with Crippen LogP contribution in [0.4, 0.5) is 10.8 Å². The number of hydrogen-bond donors (Lipinski definition) is 0. The van der Waals surface area contributed by atoms with E-state index in [0.29, 0.717) is 49.2 Å². The van der Waals surface area contributed by atoms with Gasteiger partial charge in [0, 0.05) is 50.4 Å². The Balaban J connectivity index is 1.24. The molecule has 0 aliphatic carbocycles. The predicted octanol–water partition coefficient (Wildman–Crippen LogP) is 3.06. The lowest BCUT2D eigenvalue weighted by Gasteiger charge is -2.35. The average Bonchev–Trinajstić information content (AvgIpc) is 3.42. The van der Waals surface area contributed by atoms with Gasteiger partial charge in [0.15, 0.2) is 5.13 Å². The van der Waals surface area contributed by atoms with Crippen LogP contribution in [-0.2, 0) is 9.59 Å². The summed E-state index contributed by atoms with van der Waals surface area (Å²) < 4.78 is 5.39. The molecule has 5 rings (SSSR count). The second kappa shape index (κ2) is 8.55. The molecule has 2 amide bonds. The maximum atomic E-state index is 13.2. The summed E-state index contributed by atoms with van der Waals surface area (Å²) in [6.45, 7) is 2.95. The molecule has 3 aromatic rings.